The Balaban J connectivity index is 1.99. The molecule has 0 saturated heterocycles. The van der Waals surface area contributed by atoms with Crippen molar-refractivity contribution in [3.63, 3.8) is 0 Å². The van der Waals surface area contributed by atoms with Crippen molar-refractivity contribution in [2.45, 2.75) is 58.3 Å². The topological polar surface area (TPSA) is 26.0 Å². The number of halogens is 2. The number of hydrogen-bond acceptors (Lipinski definition) is 1. The van der Waals surface area contributed by atoms with Gasteiger partial charge in [0.25, 0.3) is 0 Å². The molecule has 0 heterocycles. The Morgan fingerprint density at radius 2 is 2.05 bits per heavy atom. The number of unbranched alkanes of at least 4 members (excludes halogenated alkanes) is 1. The summed E-state index contributed by atoms with van der Waals surface area (Å²) < 4.78 is 13.2. The normalized spacial score (nSPS) is 26.0. The average molecular weight is 312 g/mol. The van der Waals surface area contributed by atoms with Crippen molar-refractivity contribution in [2.75, 3.05) is 6.54 Å². The summed E-state index contributed by atoms with van der Waals surface area (Å²) in [7, 11) is 0. The summed E-state index contributed by atoms with van der Waals surface area (Å²) in [6.45, 7) is 2.95. The summed E-state index contributed by atoms with van der Waals surface area (Å²) in [5.74, 6) is 0.599. The standard InChI is InChI=1S/C18H27ClFN/c1-2-3-4-14-7-9-18(13-21,10-8-14)12-15-5-6-16(20)11-17(15)19/h5-6,11,14H,2-4,7-10,12-13,21H2,1H3. The zero-order valence-corrected chi connectivity index (χ0v) is 13.8. The highest BCUT2D eigenvalue weighted by Crippen LogP contribution is 2.43. The van der Waals surface area contributed by atoms with Crippen molar-refractivity contribution in [1.82, 2.24) is 0 Å². The van der Waals surface area contributed by atoms with Gasteiger partial charge in [0.1, 0.15) is 5.82 Å². The SMILES string of the molecule is CCCCC1CCC(CN)(Cc2ccc(F)cc2Cl)CC1. The van der Waals surface area contributed by atoms with E-state index in [1.165, 1.54) is 57.1 Å². The van der Waals surface area contributed by atoms with E-state index in [0.717, 1.165) is 17.9 Å². The molecule has 0 aliphatic heterocycles. The summed E-state index contributed by atoms with van der Waals surface area (Å²) in [6.07, 6.45) is 9.74. The number of benzene rings is 1. The molecule has 0 bridgehead atoms. The lowest BCUT2D eigenvalue weighted by Crippen LogP contribution is -2.37. The van der Waals surface area contributed by atoms with Crippen molar-refractivity contribution in [3.8, 4) is 0 Å². The molecule has 1 aromatic rings. The lowest BCUT2D eigenvalue weighted by molar-refractivity contribution is 0.150. The summed E-state index contributed by atoms with van der Waals surface area (Å²) in [4.78, 5) is 0. The molecule has 3 heteroatoms. The first-order chi connectivity index (χ1) is 10.1. The van der Waals surface area contributed by atoms with Gasteiger partial charge in [-0.3, -0.25) is 0 Å². The Morgan fingerprint density at radius 1 is 1.33 bits per heavy atom. The molecular weight excluding hydrogens is 285 g/mol. The molecule has 1 fully saturated rings. The molecule has 118 valence electrons. The fraction of sp³-hybridized carbons (Fsp3) is 0.667. The van der Waals surface area contributed by atoms with Gasteiger partial charge in [-0.2, -0.15) is 0 Å². The van der Waals surface area contributed by atoms with E-state index in [4.69, 9.17) is 17.3 Å². The zero-order chi connectivity index (χ0) is 15.3. The van der Waals surface area contributed by atoms with Gasteiger partial charge in [0, 0.05) is 5.02 Å². The zero-order valence-electron chi connectivity index (χ0n) is 13.0. The predicted octanol–water partition coefficient (Wildman–Crippen LogP) is 5.35. The van der Waals surface area contributed by atoms with Gasteiger partial charge < -0.3 is 5.73 Å². The first kappa shape index (κ1) is 16.8. The van der Waals surface area contributed by atoms with Gasteiger partial charge in [0.2, 0.25) is 0 Å². The van der Waals surface area contributed by atoms with Gasteiger partial charge in [0.05, 0.1) is 0 Å². The summed E-state index contributed by atoms with van der Waals surface area (Å²) in [6, 6.07) is 4.73. The first-order valence-corrected chi connectivity index (χ1v) is 8.60. The highest BCUT2D eigenvalue weighted by atomic mass is 35.5. The van der Waals surface area contributed by atoms with Crippen molar-refractivity contribution in [1.29, 1.82) is 0 Å². The fourth-order valence-electron chi connectivity index (χ4n) is 3.59. The second-order valence-corrected chi connectivity index (χ2v) is 7.11. The van der Waals surface area contributed by atoms with Crippen molar-refractivity contribution < 1.29 is 4.39 Å². The number of rotatable bonds is 6. The van der Waals surface area contributed by atoms with Crippen LogP contribution in [0.3, 0.4) is 0 Å². The molecule has 1 aliphatic carbocycles. The van der Waals surface area contributed by atoms with E-state index in [0.29, 0.717) is 11.6 Å². The van der Waals surface area contributed by atoms with Crippen molar-refractivity contribution in [3.05, 3.63) is 34.6 Å². The van der Waals surface area contributed by atoms with E-state index in [9.17, 15) is 4.39 Å². The van der Waals surface area contributed by atoms with E-state index in [1.54, 1.807) is 0 Å². The number of hydrogen-bond donors (Lipinski definition) is 1. The third-order valence-corrected chi connectivity index (χ3v) is 5.50. The Morgan fingerprint density at radius 3 is 2.62 bits per heavy atom. The van der Waals surface area contributed by atoms with Crippen LogP contribution in [0.5, 0.6) is 0 Å². The quantitative estimate of drug-likeness (QED) is 0.753. The van der Waals surface area contributed by atoms with Gasteiger partial charge >= 0.3 is 0 Å². The van der Waals surface area contributed by atoms with Crippen LogP contribution in [0, 0.1) is 17.2 Å². The second-order valence-electron chi connectivity index (χ2n) is 6.70. The lowest BCUT2D eigenvalue weighted by Gasteiger charge is -2.40. The van der Waals surface area contributed by atoms with Crippen molar-refractivity contribution >= 4 is 11.6 Å². The maximum atomic E-state index is 13.2. The second kappa shape index (κ2) is 7.60. The van der Waals surface area contributed by atoms with Gasteiger partial charge in [0.15, 0.2) is 0 Å². The van der Waals surface area contributed by atoms with Crippen LogP contribution >= 0.6 is 11.6 Å². The number of nitrogens with two attached hydrogens (primary N) is 1. The predicted molar refractivity (Wildman–Crippen MR) is 88.1 cm³/mol. The molecule has 0 spiro atoms. The molecule has 21 heavy (non-hydrogen) atoms. The average Bonchev–Trinajstić information content (AvgIpc) is 2.49. The van der Waals surface area contributed by atoms with Crippen LogP contribution in [-0.2, 0) is 6.42 Å². The molecule has 0 aromatic heterocycles. The monoisotopic (exact) mass is 311 g/mol. The molecule has 2 rings (SSSR count). The van der Waals surface area contributed by atoms with Crippen LogP contribution < -0.4 is 5.73 Å². The molecular formula is C18H27ClFN. The van der Waals surface area contributed by atoms with E-state index in [1.807, 2.05) is 6.07 Å². The Bertz CT molecular complexity index is 453. The maximum Gasteiger partial charge on any atom is 0.124 e. The molecule has 0 unspecified atom stereocenters. The van der Waals surface area contributed by atoms with Crippen LogP contribution in [0.15, 0.2) is 18.2 Å². The molecule has 0 atom stereocenters. The largest absolute Gasteiger partial charge is 0.330 e. The summed E-state index contributed by atoms with van der Waals surface area (Å²) >= 11 is 6.18. The smallest absolute Gasteiger partial charge is 0.124 e. The minimum absolute atomic E-state index is 0.157. The van der Waals surface area contributed by atoms with E-state index in [2.05, 4.69) is 6.92 Å². The van der Waals surface area contributed by atoms with Gasteiger partial charge in [-0.25, -0.2) is 4.39 Å². The fourth-order valence-corrected chi connectivity index (χ4v) is 3.83. The highest BCUT2D eigenvalue weighted by Gasteiger charge is 2.34. The minimum atomic E-state index is -0.270. The lowest BCUT2D eigenvalue weighted by atomic mass is 9.66. The van der Waals surface area contributed by atoms with Crippen molar-refractivity contribution in [2.24, 2.45) is 17.1 Å². The summed E-state index contributed by atoms with van der Waals surface area (Å²) in [5.41, 5.74) is 7.29. The van der Waals surface area contributed by atoms with Crippen LogP contribution in [0.25, 0.3) is 0 Å². The van der Waals surface area contributed by atoms with Crippen LogP contribution in [0.2, 0.25) is 5.02 Å². The first-order valence-electron chi connectivity index (χ1n) is 8.22. The minimum Gasteiger partial charge on any atom is -0.330 e. The van der Waals surface area contributed by atoms with Crippen LogP contribution in [-0.4, -0.2) is 6.54 Å². The Labute approximate surface area is 133 Å². The van der Waals surface area contributed by atoms with Gasteiger partial charge in [-0.05, 0) is 67.7 Å². The molecule has 1 nitrogen and oxygen atoms in total. The maximum absolute atomic E-state index is 13.2. The summed E-state index contributed by atoms with van der Waals surface area (Å²) in [5, 5.41) is 0.538. The van der Waals surface area contributed by atoms with E-state index < -0.39 is 0 Å². The Hall–Kier alpha value is -0.600. The molecule has 0 radical (unpaired) electrons. The van der Waals surface area contributed by atoms with E-state index in [-0.39, 0.29) is 11.2 Å². The molecule has 1 aliphatic rings. The van der Waals surface area contributed by atoms with Gasteiger partial charge in [-0.1, -0.05) is 43.9 Å². The highest BCUT2D eigenvalue weighted by molar-refractivity contribution is 6.31. The van der Waals surface area contributed by atoms with Gasteiger partial charge in [-0.15, -0.1) is 0 Å². The molecule has 0 amide bonds. The van der Waals surface area contributed by atoms with E-state index >= 15 is 0 Å². The molecule has 2 N–H and O–H groups in total. The van der Waals surface area contributed by atoms with Crippen LogP contribution in [0.4, 0.5) is 4.39 Å². The molecule has 1 aromatic carbocycles. The third-order valence-electron chi connectivity index (χ3n) is 5.15. The van der Waals surface area contributed by atoms with Crippen LogP contribution in [0.1, 0.15) is 57.4 Å². The molecule has 1 saturated carbocycles. The Kier molecular flexibility index (Phi) is 6.07. The third kappa shape index (κ3) is 4.43.